The van der Waals surface area contributed by atoms with Gasteiger partial charge >= 0.3 is 12.4 Å². The molecule has 0 spiro atoms. The van der Waals surface area contributed by atoms with Gasteiger partial charge in [-0.15, -0.1) is 0 Å². The number of rotatable bonds is 4. The highest BCUT2D eigenvalue weighted by atomic mass is 32.2. The molecule has 15 heteroatoms. The summed E-state index contributed by atoms with van der Waals surface area (Å²) in [6.45, 7) is 0. The molecule has 2 aromatic heterocycles. The summed E-state index contributed by atoms with van der Waals surface area (Å²) in [6, 6.07) is 7.48. The van der Waals surface area contributed by atoms with E-state index in [0.29, 0.717) is 24.3 Å². The second kappa shape index (κ2) is 9.63. The predicted molar refractivity (Wildman–Crippen MR) is 115 cm³/mol. The van der Waals surface area contributed by atoms with Crippen LogP contribution in [0.4, 0.5) is 43.9 Å². The average Bonchev–Trinajstić information content (AvgIpc) is 2.82. The third-order valence-corrected chi connectivity index (χ3v) is 6.85. The third-order valence-electron chi connectivity index (χ3n) is 5.30. The molecule has 0 aliphatic heterocycles. The van der Waals surface area contributed by atoms with E-state index in [4.69, 9.17) is 0 Å². The first-order valence-electron chi connectivity index (χ1n) is 10.3. The van der Waals surface area contributed by atoms with Gasteiger partial charge in [0.05, 0.1) is 11.4 Å². The molecule has 0 atom stereocenters. The quantitative estimate of drug-likeness (QED) is 0.239. The fraction of sp³-hybridized carbons (Fsp3) is 0.0833. The summed E-state index contributed by atoms with van der Waals surface area (Å²) in [5, 5.41) is -1.75. The molecule has 2 aromatic carbocycles. The first-order valence-corrected chi connectivity index (χ1v) is 11.8. The Morgan fingerprint density at radius 1 is 0.538 bits per heavy atom. The second-order valence-electron chi connectivity index (χ2n) is 7.79. The van der Waals surface area contributed by atoms with E-state index in [1.54, 1.807) is 0 Å². The molecule has 0 N–H and O–H groups in total. The summed E-state index contributed by atoms with van der Waals surface area (Å²) < 4.78 is 161. The van der Waals surface area contributed by atoms with Gasteiger partial charge in [-0.3, -0.25) is 0 Å². The Bertz CT molecular complexity index is 1580. The molecule has 0 saturated carbocycles. The SMILES string of the molecule is O=S(=O)(c1cccc(-c2ccc(F)c(C(F)(F)F)c2F)n1)c1cccc(-c2ccc(F)c(C(F)(F)F)c2F)n1. The van der Waals surface area contributed by atoms with Crippen LogP contribution in [0, 0.1) is 23.3 Å². The van der Waals surface area contributed by atoms with Crippen LogP contribution < -0.4 is 0 Å². The van der Waals surface area contributed by atoms with Gasteiger partial charge in [0, 0.05) is 11.1 Å². The topological polar surface area (TPSA) is 59.9 Å². The Morgan fingerprint density at radius 3 is 1.23 bits per heavy atom. The minimum absolute atomic E-state index is 0.321. The van der Waals surface area contributed by atoms with Crippen LogP contribution in [0.25, 0.3) is 22.5 Å². The number of hydrogen-bond acceptors (Lipinski definition) is 4. The largest absolute Gasteiger partial charge is 0.422 e. The average molecular weight is 580 g/mol. The molecule has 0 bridgehead atoms. The Morgan fingerprint density at radius 2 is 0.897 bits per heavy atom. The van der Waals surface area contributed by atoms with Crippen molar-refractivity contribution < 1.29 is 52.3 Å². The van der Waals surface area contributed by atoms with E-state index in [0.717, 1.165) is 36.4 Å². The lowest BCUT2D eigenvalue weighted by molar-refractivity contribution is -0.143. The van der Waals surface area contributed by atoms with E-state index in [2.05, 4.69) is 9.97 Å². The third kappa shape index (κ3) is 5.17. The Labute approximate surface area is 212 Å². The number of nitrogens with zero attached hydrogens (tertiary/aromatic N) is 2. The number of benzene rings is 2. The maximum Gasteiger partial charge on any atom is 0.422 e. The van der Waals surface area contributed by atoms with Crippen molar-refractivity contribution in [2.24, 2.45) is 0 Å². The molecule has 0 saturated heterocycles. The highest BCUT2D eigenvalue weighted by molar-refractivity contribution is 7.91. The molecule has 204 valence electrons. The Kier molecular flexibility index (Phi) is 6.91. The number of sulfone groups is 1. The van der Waals surface area contributed by atoms with E-state index in [1.165, 1.54) is 0 Å². The Hall–Kier alpha value is -4.01. The van der Waals surface area contributed by atoms with Crippen molar-refractivity contribution in [1.29, 1.82) is 0 Å². The van der Waals surface area contributed by atoms with Crippen LogP contribution in [0.1, 0.15) is 11.1 Å². The van der Waals surface area contributed by atoms with Crippen LogP contribution in [0.3, 0.4) is 0 Å². The fourth-order valence-electron chi connectivity index (χ4n) is 3.56. The highest BCUT2D eigenvalue weighted by Crippen LogP contribution is 2.39. The molecule has 4 nitrogen and oxygen atoms in total. The lowest BCUT2D eigenvalue weighted by atomic mass is 10.1. The lowest BCUT2D eigenvalue weighted by Crippen LogP contribution is -2.13. The van der Waals surface area contributed by atoms with Crippen molar-refractivity contribution in [2.75, 3.05) is 0 Å². The van der Waals surface area contributed by atoms with E-state index in [1.807, 2.05) is 0 Å². The molecule has 0 aliphatic rings. The number of alkyl halides is 6. The van der Waals surface area contributed by atoms with Gasteiger partial charge in [0.1, 0.15) is 34.4 Å². The molecule has 0 aliphatic carbocycles. The zero-order chi connectivity index (χ0) is 28.9. The molecule has 0 fully saturated rings. The molecule has 39 heavy (non-hydrogen) atoms. The summed E-state index contributed by atoms with van der Waals surface area (Å²) in [6.07, 6.45) is -10.8. The number of pyridine rings is 2. The van der Waals surface area contributed by atoms with Gasteiger partial charge in [-0.05, 0) is 48.5 Å². The van der Waals surface area contributed by atoms with E-state index >= 15 is 0 Å². The van der Waals surface area contributed by atoms with Gasteiger partial charge in [-0.2, -0.15) is 26.3 Å². The zero-order valence-electron chi connectivity index (χ0n) is 18.7. The van der Waals surface area contributed by atoms with Gasteiger partial charge in [0.15, 0.2) is 10.1 Å². The maximum atomic E-state index is 14.6. The van der Waals surface area contributed by atoms with Crippen molar-refractivity contribution in [2.45, 2.75) is 22.4 Å². The van der Waals surface area contributed by atoms with Gasteiger partial charge in [-0.25, -0.2) is 35.9 Å². The van der Waals surface area contributed by atoms with Crippen molar-refractivity contribution in [3.8, 4) is 22.5 Å². The summed E-state index contributed by atoms with van der Waals surface area (Å²) in [5.41, 5.74) is -7.46. The van der Waals surface area contributed by atoms with Gasteiger partial charge < -0.3 is 0 Å². The van der Waals surface area contributed by atoms with Gasteiger partial charge in [0.25, 0.3) is 0 Å². The van der Waals surface area contributed by atoms with Crippen molar-refractivity contribution in [3.63, 3.8) is 0 Å². The lowest BCUT2D eigenvalue weighted by Gasteiger charge is -2.13. The van der Waals surface area contributed by atoms with E-state index in [9.17, 15) is 52.3 Å². The summed E-state index contributed by atoms with van der Waals surface area (Å²) in [4.78, 5) is 7.31. The number of hydrogen-bond donors (Lipinski definition) is 0. The van der Waals surface area contributed by atoms with Crippen molar-refractivity contribution >= 4 is 9.84 Å². The Balaban J connectivity index is 1.81. The zero-order valence-corrected chi connectivity index (χ0v) is 19.5. The summed E-state index contributed by atoms with van der Waals surface area (Å²) in [5.74, 6) is -7.90. The number of aromatic nitrogens is 2. The predicted octanol–water partition coefficient (Wildman–Crippen LogP) is 7.24. The first-order chi connectivity index (χ1) is 18.0. The minimum atomic E-state index is -5.42. The molecule has 2 heterocycles. The van der Waals surface area contributed by atoms with Crippen molar-refractivity contribution in [1.82, 2.24) is 9.97 Å². The second-order valence-corrected chi connectivity index (χ2v) is 9.63. The molecular formula is C24H10F10N2O2S. The van der Waals surface area contributed by atoms with Crippen LogP contribution in [-0.4, -0.2) is 18.4 Å². The summed E-state index contributed by atoms with van der Waals surface area (Å²) >= 11 is 0. The van der Waals surface area contributed by atoms with E-state index in [-0.39, 0.29) is 0 Å². The highest BCUT2D eigenvalue weighted by Gasteiger charge is 2.40. The molecule has 4 rings (SSSR count). The van der Waals surface area contributed by atoms with Crippen LogP contribution in [-0.2, 0) is 22.2 Å². The molecular weight excluding hydrogens is 570 g/mol. The van der Waals surface area contributed by atoms with Crippen LogP contribution >= 0.6 is 0 Å². The number of halogens is 10. The fourth-order valence-corrected chi connectivity index (χ4v) is 4.72. The normalized spacial score (nSPS) is 12.6. The summed E-state index contributed by atoms with van der Waals surface area (Å²) in [7, 11) is -4.78. The molecule has 0 amide bonds. The van der Waals surface area contributed by atoms with Crippen LogP contribution in [0.2, 0.25) is 0 Å². The minimum Gasteiger partial charge on any atom is -0.236 e. The standard InChI is InChI=1S/C24H10F10N2O2S/c25-13-9-7-11(21(27)19(13)23(29,30)31)15-3-1-5-17(35-15)39(37,38)18-6-2-4-16(36-18)12-8-10-14(26)20(22(12)28)24(32,33)34/h1-10H. The van der Waals surface area contributed by atoms with Gasteiger partial charge in [0.2, 0.25) is 9.84 Å². The molecule has 0 unspecified atom stereocenters. The van der Waals surface area contributed by atoms with Gasteiger partial charge in [-0.1, -0.05) is 12.1 Å². The first kappa shape index (κ1) is 28.0. The molecule has 0 radical (unpaired) electrons. The monoisotopic (exact) mass is 580 g/mol. The van der Waals surface area contributed by atoms with Crippen LogP contribution in [0.15, 0.2) is 70.7 Å². The molecule has 4 aromatic rings. The smallest absolute Gasteiger partial charge is 0.236 e. The van der Waals surface area contributed by atoms with Crippen LogP contribution in [0.5, 0.6) is 0 Å². The van der Waals surface area contributed by atoms with E-state index < -0.39 is 89.2 Å². The maximum absolute atomic E-state index is 14.6. The van der Waals surface area contributed by atoms with Crippen molar-refractivity contribution in [3.05, 3.63) is 95.1 Å².